The SMILES string of the molecule is CCc1c(CNCCOC)cnn1Cc1ccccc1Br. The average Bonchev–Trinajstić information content (AvgIpc) is 2.88. The first kappa shape index (κ1) is 16.2. The van der Waals surface area contributed by atoms with Crippen molar-refractivity contribution in [3.8, 4) is 0 Å². The summed E-state index contributed by atoms with van der Waals surface area (Å²) in [6.07, 6.45) is 2.95. The van der Waals surface area contributed by atoms with Crippen molar-refractivity contribution in [3.05, 3.63) is 51.8 Å². The van der Waals surface area contributed by atoms with Gasteiger partial charge in [-0.2, -0.15) is 5.10 Å². The normalized spacial score (nSPS) is 11.0. The van der Waals surface area contributed by atoms with E-state index in [0.717, 1.165) is 37.1 Å². The summed E-state index contributed by atoms with van der Waals surface area (Å²) in [6.45, 7) is 5.39. The van der Waals surface area contributed by atoms with Crippen molar-refractivity contribution in [2.24, 2.45) is 0 Å². The van der Waals surface area contributed by atoms with E-state index in [1.54, 1.807) is 7.11 Å². The van der Waals surface area contributed by atoms with Gasteiger partial charge < -0.3 is 10.1 Å². The van der Waals surface area contributed by atoms with E-state index in [1.165, 1.54) is 16.8 Å². The largest absolute Gasteiger partial charge is 0.383 e. The standard InChI is InChI=1S/C16H22BrN3O/c1-3-16-14(10-18-8-9-21-2)11-19-20(16)12-13-6-4-5-7-15(13)17/h4-7,11,18H,3,8-10,12H2,1-2H3. The molecule has 0 aliphatic rings. The van der Waals surface area contributed by atoms with Crippen LogP contribution in [0.4, 0.5) is 0 Å². The van der Waals surface area contributed by atoms with Gasteiger partial charge >= 0.3 is 0 Å². The van der Waals surface area contributed by atoms with Crippen LogP contribution in [0.5, 0.6) is 0 Å². The molecule has 21 heavy (non-hydrogen) atoms. The van der Waals surface area contributed by atoms with Gasteiger partial charge in [-0.1, -0.05) is 41.1 Å². The molecule has 0 bridgehead atoms. The molecule has 1 N–H and O–H groups in total. The fourth-order valence-electron chi connectivity index (χ4n) is 2.33. The Bertz CT molecular complexity index is 568. The second-order valence-electron chi connectivity index (χ2n) is 4.89. The van der Waals surface area contributed by atoms with Gasteiger partial charge in [0.1, 0.15) is 0 Å². The molecule has 0 atom stereocenters. The van der Waals surface area contributed by atoms with E-state index in [1.807, 2.05) is 12.3 Å². The summed E-state index contributed by atoms with van der Waals surface area (Å²) in [5, 5.41) is 7.93. The van der Waals surface area contributed by atoms with Crippen molar-refractivity contribution in [2.75, 3.05) is 20.3 Å². The van der Waals surface area contributed by atoms with Crippen molar-refractivity contribution in [1.29, 1.82) is 0 Å². The highest BCUT2D eigenvalue weighted by Gasteiger charge is 2.10. The van der Waals surface area contributed by atoms with Gasteiger partial charge in [0.15, 0.2) is 0 Å². The Morgan fingerprint density at radius 2 is 2.10 bits per heavy atom. The van der Waals surface area contributed by atoms with E-state index in [4.69, 9.17) is 4.74 Å². The molecule has 4 nitrogen and oxygen atoms in total. The molecule has 0 saturated carbocycles. The lowest BCUT2D eigenvalue weighted by molar-refractivity contribution is 0.199. The Morgan fingerprint density at radius 1 is 1.29 bits per heavy atom. The number of benzene rings is 1. The molecule has 0 aliphatic heterocycles. The summed E-state index contributed by atoms with van der Waals surface area (Å²) in [5.41, 5.74) is 3.80. The van der Waals surface area contributed by atoms with Gasteiger partial charge in [0, 0.05) is 35.9 Å². The van der Waals surface area contributed by atoms with Crippen molar-refractivity contribution in [3.63, 3.8) is 0 Å². The second kappa shape index (κ2) is 8.32. The highest BCUT2D eigenvalue weighted by atomic mass is 79.9. The highest BCUT2D eigenvalue weighted by Crippen LogP contribution is 2.19. The molecule has 2 rings (SSSR count). The van der Waals surface area contributed by atoms with Crippen LogP contribution in [0.3, 0.4) is 0 Å². The molecule has 114 valence electrons. The third-order valence-electron chi connectivity index (χ3n) is 3.45. The van der Waals surface area contributed by atoms with Gasteiger partial charge in [-0.25, -0.2) is 0 Å². The molecule has 2 aromatic rings. The molecule has 1 aromatic heterocycles. The Kier molecular flexibility index (Phi) is 6.42. The van der Waals surface area contributed by atoms with Crippen LogP contribution in [0.2, 0.25) is 0 Å². The van der Waals surface area contributed by atoms with Crippen molar-refractivity contribution in [1.82, 2.24) is 15.1 Å². The molecule has 0 radical (unpaired) electrons. The molecule has 5 heteroatoms. The van der Waals surface area contributed by atoms with Gasteiger partial charge in [-0.05, 0) is 18.1 Å². The summed E-state index contributed by atoms with van der Waals surface area (Å²) in [6, 6.07) is 8.28. The average molecular weight is 352 g/mol. The fraction of sp³-hybridized carbons (Fsp3) is 0.438. The van der Waals surface area contributed by atoms with Crippen molar-refractivity contribution >= 4 is 15.9 Å². The molecule has 1 heterocycles. The van der Waals surface area contributed by atoms with Crippen molar-refractivity contribution in [2.45, 2.75) is 26.4 Å². The summed E-state index contributed by atoms with van der Waals surface area (Å²) >= 11 is 3.60. The highest BCUT2D eigenvalue weighted by molar-refractivity contribution is 9.10. The lowest BCUT2D eigenvalue weighted by atomic mass is 10.2. The summed E-state index contributed by atoms with van der Waals surface area (Å²) < 4.78 is 8.26. The first-order chi connectivity index (χ1) is 10.3. The molecular formula is C16H22BrN3O. The van der Waals surface area contributed by atoms with Crippen LogP contribution in [0, 0.1) is 0 Å². The van der Waals surface area contributed by atoms with E-state index < -0.39 is 0 Å². The van der Waals surface area contributed by atoms with Crippen LogP contribution in [0.15, 0.2) is 34.9 Å². The van der Waals surface area contributed by atoms with E-state index in [0.29, 0.717) is 0 Å². The number of aromatic nitrogens is 2. The number of rotatable bonds is 8. The van der Waals surface area contributed by atoms with E-state index in [2.05, 4.69) is 56.2 Å². The van der Waals surface area contributed by atoms with E-state index >= 15 is 0 Å². The predicted molar refractivity (Wildman–Crippen MR) is 88.4 cm³/mol. The number of ether oxygens (including phenoxy) is 1. The molecule has 0 fully saturated rings. The minimum Gasteiger partial charge on any atom is -0.383 e. The number of hydrogen-bond donors (Lipinski definition) is 1. The zero-order chi connectivity index (χ0) is 15.1. The topological polar surface area (TPSA) is 39.1 Å². The summed E-state index contributed by atoms with van der Waals surface area (Å²) in [5.74, 6) is 0. The minimum absolute atomic E-state index is 0.729. The van der Waals surface area contributed by atoms with Gasteiger partial charge in [0.2, 0.25) is 0 Å². The first-order valence-corrected chi connectivity index (χ1v) is 8.02. The first-order valence-electron chi connectivity index (χ1n) is 7.22. The molecule has 1 aromatic carbocycles. The number of nitrogens with zero attached hydrogens (tertiary/aromatic N) is 2. The lowest BCUT2D eigenvalue weighted by Crippen LogP contribution is -2.19. The van der Waals surface area contributed by atoms with Crippen LogP contribution in [0.1, 0.15) is 23.7 Å². The fourth-order valence-corrected chi connectivity index (χ4v) is 2.74. The van der Waals surface area contributed by atoms with Gasteiger partial charge in [0.25, 0.3) is 0 Å². The van der Waals surface area contributed by atoms with Crippen LogP contribution in [0.25, 0.3) is 0 Å². The maximum Gasteiger partial charge on any atom is 0.0673 e. The Balaban J connectivity index is 2.07. The van der Waals surface area contributed by atoms with Crippen LogP contribution >= 0.6 is 15.9 Å². The molecule has 0 aliphatic carbocycles. The minimum atomic E-state index is 0.729. The molecule has 0 amide bonds. The number of halogens is 1. The Morgan fingerprint density at radius 3 is 2.81 bits per heavy atom. The van der Waals surface area contributed by atoms with Crippen LogP contribution in [-0.2, 0) is 24.2 Å². The number of methoxy groups -OCH3 is 1. The summed E-state index contributed by atoms with van der Waals surface area (Å²) in [4.78, 5) is 0. The maximum atomic E-state index is 5.05. The smallest absolute Gasteiger partial charge is 0.0673 e. The monoisotopic (exact) mass is 351 g/mol. The zero-order valence-corrected chi connectivity index (χ0v) is 14.2. The van der Waals surface area contributed by atoms with Crippen LogP contribution in [-0.4, -0.2) is 30.0 Å². The quantitative estimate of drug-likeness (QED) is 0.743. The van der Waals surface area contributed by atoms with Crippen molar-refractivity contribution < 1.29 is 4.74 Å². The predicted octanol–water partition coefficient (Wildman–Crippen LogP) is 2.99. The maximum absolute atomic E-state index is 5.05. The number of hydrogen-bond acceptors (Lipinski definition) is 3. The molecule has 0 spiro atoms. The molecular weight excluding hydrogens is 330 g/mol. The Hall–Kier alpha value is -1.17. The number of nitrogens with one attached hydrogen (secondary N) is 1. The third-order valence-corrected chi connectivity index (χ3v) is 4.22. The molecule has 0 saturated heterocycles. The van der Waals surface area contributed by atoms with Gasteiger partial charge in [-0.15, -0.1) is 0 Å². The van der Waals surface area contributed by atoms with Gasteiger partial charge in [0.05, 0.1) is 19.3 Å². The third kappa shape index (κ3) is 4.40. The van der Waals surface area contributed by atoms with Gasteiger partial charge in [-0.3, -0.25) is 4.68 Å². The Labute approximate surface area is 134 Å². The summed E-state index contributed by atoms with van der Waals surface area (Å²) in [7, 11) is 1.72. The van der Waals surface area contributed by atoms with Crippen LogP contribution < -0.4 is 5.32 Å². The van der Waals surface area contributed by atoms with E-state index in [-0.39, 0.29) is 0 Å². The van der Waals surface area contributed by atoms with E-state index in [9.17, 15) is 0 Å². The molecule has 0 unspecified atom stereocenters. The second-order valence-corrected chi connectivity index (χ2v) is 5.74. The zero-order valence-electron chi connectivity index (χ0n) is 12.6. The lowest BCUT2D eigenvalue weighted by Gasteiger charge is -2.10.